The minimum atomic E-state index is -0.569. The Bertz CT molecular complexity index is 1220. The summed E-state index contributed by atoms with van der Waals surface area (Å²) in [5.41, 5.74) is 2.58. The number of benzene rings is 1. The zero-order valence-corrected chi connectivity index (χ0v) is 19.2. The van der Waals surface area contributed by atoms with Gasteiger partial charge in [0.1, 0.15) is 10.7 Å². The van der Waals surface area contributed by atoms with Crippen molar-refractivity contribution in [1.29, 1.82) is 0 Å². The lowest BCUT2D eigenvalue weighted by Gasteiger charge is -2.12. The molecule has 1 aliphatic carbocycles. The van der Waals surface area contributed by atoms with E-state index in [1.165, 1.54) is 16.0 Å². The Labute approximate surface area is 189 Å². The molecule has 0 atom stereocenters. The number of carbonyl (C=O) groups is 2. The average Bonchev–Trinajstić information content (AvgIpc) is 3.24. The van der Waals surface area contributed by atoms with Crippen molar-refractivity contribution in [3.05, 3.63) is 62.4 Å². The van der Waals surface area contributed by atoms with Crippen LogP contribution in [0.25, 0.3) is 5.69 Å². The minimum absolute atomic E-state index is 0.188. The predicted molar refractivity (Wildman–Crippen MR) is 125 cm³/mol. The molecule has 32 heavy (non-hydrogen) atoms. The summed E-state index contributed by atoms with van der Waals surface area (Å²) in [6.07, 6.45) is 3.74. The van der Waals surface area contributed by atoms with Crippen molar-refractivity contribution in [1.82, 2.24) is 9.36 Å². The number of anilines is 2. The number of thiophene rings is 1. The van der Waals surface area contributed by atoms with Gasteiger partial charge in [0.2, 0.25) is 0 Å². The Balaban J connectivity index is 1.62. The molecule has 3 aromatic rings. The van der Waals surface area contributed by atoms with Crippen LogP contribution in [-0.2, 0) is 24.6 Å². The number of urea groups is 1. The standard InChI is InChI=1S/C23H26N4O4S/c1-4-31-22(29)18-16-12-8-9-13-17(16)32-20(18)25-23(30)24-19-14(2)26(3)27(21(19)28)15-10-6-5-7-11-15/h5-7,10-11H,4,8-9,12-13H2,1-3H3,(H2,24,25,30). The van der Waals surface area contributed by atoms with Crippen molar-refractivity contribution in [3.8, 4) is 5.69 Å². The van der Waals surface area contributed by atoms with E-state index in [-0.39, 0.29) is 17.9 Å². The molecule has 2 N–H and O–H groups in total. The number of rotatable bonds is 5. The number of ether oxygens (including phenoxy) is 1. The van der Waals surface area contributed by atoms with Crippen LogP contribution in [0.3, 0.4) is 0 Å². The van der Waals surface area contributed by atoms with Gasteiger partial charge in [-0.2, -0.15) is 0 Å². The zero-order chi connectivity index (χ0) is 22.8. The largest absolute Gasteiger partial charge is 0.462 e. The summed E-state index contributed by atoms with van der Waals surface area (Å²) >= 11 is 1.41. The molecule has 0 radical (unpaired) electrons. The van der Waals surface area contributed by atoms with Crippen molar-refractivity contribution < 1.29 is 14.3 Å². The molecule has 2 heterocycles. The second-order valence-corrected chi connectivity index (χ2v) is 8.76. The monoisotopic (exact) mass is 454 g/mol. The smallest absolute Gasteiger partial charge is 0.341 e. The van der Waals surface area contributed by atoms with E-state index in [1.54, 1.807) is 25.6 Å². The Kier molecular flexibility index (Phi) is 6.18. The molecule has 0 spiro atoms. The summed E-state index contributed by atoms with van der Waals surface area (Å²) < 4.78 is 8.43. The van der Waals surface area contributed by atoms with Crippen molar-refractivity contribution in [2.45, 2.75) is 39.5 Å². The first-order valence-electron chi connectivity index (χ1n) is 10.7. The van der Waals surface area contributed by atoms with E-state index in [0.29, 0.717) is 21.9 Å². The number of esters is 1. The van der Waals surface area contributed by atoms with Crippen LogP contribution in [0.4, 0.5) is 15.5 Å². The van der Waals surface area contributed by atoms with Crippen LogP contribution in [0, 0.1) is 6.92 Å². The first-order chi connectivity index (χ1) is 15.4. The van der Waals surface area contributed by atoms with Crippen LogP contribution in [0.15, 0.2) is 35.1 Å². The molecule has 0 fully saturated rings. The molecule has 9 heteroatoms. The number of aromatic nitrogens is 2. The van der Waals surface area contributed by atoms with Crippen LogP contribution in [0.5, 0.6) is 0 Å². The fourth-order valence-corrected chi connectivity index (χ4v) is 5.31. The van der Waals surface area contributed by atoms with Crippen molar-refractivity contribution in [2.75, 3.05) is 17.2 Å². The maximum Gasteiger partial charge on any atom is 0.341 e. The molecule has 1 aromatic carbocycles. The third kappa shape index (κ3) is 3.95. The summed E-state index contributed by atoms with van der Waals surface area (Å²) in [5, 5.41) is 5.94. The van der Waals surface area contributed by atoms with Crippen LogP contribution >= 0.6 is 11.3 Å². The second-order valence-electron chi connectivity index (χ2n) is 7.65. The molecule has 0 unspecified atom stereocenters. The second kappa shape index (κ2) is 9.04. The number of fused-ring (bicyclic) bond motifs is 1. The van der Waals surface area contributed by atoms with Crippen molar-refractivity contribution >= 4 is 34.0 Å². The van der Waals surface area contributed by atoms with E-state index >= 15 is 0 Å². The Morgan fingerprint density at radius 3 is 2.56 bits per heavy atom. The highest BCUT2D eigenvalue weighted by atomic mass is 32.1. The van der Waals surface area contributed by atoms with Gasteiger partial charge in [0.25, 0.3) is 5.56 Å². The van der Waals surface area contributed by atoms with Gasteiger partial charge in [0, 0.05) is 11.9 Å². The molecule has 0 saturated heterocycles. The first kappa shape index (κ1) is 21.9. The van der Waals surface area contributed by atoms with E-state index in [4.69, 9.17) is 4.74 Å². The summed E-state index contributed by atoms with van der Waals surface area (Å²) in [7, 11) is 1.76. The number of nitrogens with zero attached hydrogens (tertiary/aromatic N) is 2. The van der Waals surface area contributed by atoms with E-state index < -0.39 is 12.0 Å². The van der Waals surface area contributed by atoms with Crippen molar-refractivity contribution in [2.24, 2.45) is 7.05 Å². The maximum atomic E-state index is 13.0. The van der Waals surface area contributed by atoms with Gasteiger partial charge in [-0.15, -0.1) is 11.3 Å². The molecule has 0 saturated carbocycles. The maximum absolute atomic E-state index is 13.0. The van der Waals surface area contributed by atoms with Crippen LogP contribution in [0.2, 0.25) is 0 Å². The molecule has 0 aliphatic heterocycles. The third-order valence-corrected chi connectivity index (χ3v) is 6.88. The van der Waals surface area contributed by atoms with Crippen molar-refractivity contribution in [3.63, 3.8) is 0 Å². The van der Waals surface area contributed by atoms with Crippen LogP contribution in [-0.4, -0.2) is 28.0 Å². The average molecular weight is 455 g/mol. The molecule has 4 rings (SSSR count). The molecule has 1 aliphatic rings. The molecule has 0 bridgehead atoms. The summed E-state index contributed by atoms with van der Waals surface area (Å²) in [6, 6.07) is 8.65. The van der Waals surface area contributed by atoms with E-state index in [2.05, 4.69) is 10.6 Å². The topological polar surface area (TPSA) is 94.4 Å². The highest BCUT2D eigenvalue weighted by Gasteiger charge is 2.28. The SMILES string of the molecule is CCOC(=O)c1c(NC(=O)Nc2c(C)n(C)n(-c3ccccc3)c2=O)sc2c1CCCC2. The first-order valence-corrected chi connectivity index (χ1v) is 11.5. The van der Waals surface area contributed by atoms with Gasteiger partial charge in [-0.25, -0.2) is 14.3 Å². The van der Waals surface area contributed by atoms with Gasteiger partial charge < -0.3 is 10.1 Å². The predicted octanol–water partition coefficient (Wildman–Crippen LogP) is 4.25. The summed E-state index contributed by atoms with van der Waals surface area (Å²) in [4.78, 5) is 39.6. The lowest BCUT2D eigenvalue weighted by molar-refractivity contribution is 0.0526. The molecule has 2 amide bonds. The van der Waals surface area contributed by atoms with Gasteiger partial charge in [-0.3, -0.25) is 14.8 Å². The van der Waals surface area contributed by atoms with E-state index in [1.807, 2.05) is 30.3 Å². The number of hydrogen-bond acceptors (Lipinski definition) is 5. The fourth-order valence-electron chi connectivity index (χ4n) is 4.03. The van der Waals surface area contributed by atoms with Gasteiger partial charge in [-0.1, -0.05) is 18.2 Å². The Hall–Kier alpha value is -3.33. The Morgan fingerprint density at radius 1 is 1.12 bits per heavy atom. The number of aryl methyl sites for hydroxylation is 1. The number of carbonyl (C=O) groups excluding carboxylic acids is 2. The quantitative estimate of drug-likeness (QED) is 0.564. The highest BCUT2D eigenvalue weighted by Crippen LogP contribution is 2.38. The third-order valence-electron chi connectivity index (χ3n) is 5.67. The number of para-hydroxylation sites is 1. The molecule has 8 nitrogen and oxygen atoms in total. The normalized spacial score (nSPS) is 12.8. The van der Waals surface area contributed by atoms with Gasteiger partial charge in [0.05, 0.1) is 23.6 Å². The molecular formula is C23H26N4O4S. The van der Waals surface area contributed by atoms with Gasteiger partial charge in [-0.05, 0) is 57.2 Å². The molecule has 2 aromatic heterocycles. The van der Waals surface area contributed by atoms with E-state index in [0.717, 1.165) is 36.1 Å². The number of hydrogen-bond donors (Lipinski definition) is 2. The molecular weight excluding hydrogens is 428 g/mol. The van der Waals surface area contributed by atoms with Crippen LogP contribution < -0.4 is 16.2 Å². The van der Waals surface area contributed by atoms with Gasteiger partial charge in [0.15, 0.2) is 0 Å². The highest BCUT2D eigenvalue weighted by molar-refractivity contribution is 7.17. The summed E-state index contributed by atoms with van der Waals surface area (Å²) in [5.74, 6) is -0.426. The number of nitrogens with one attached hydrogen (secondary N) is 2. The van der Waals surface area contributed by atoms with Crippen LogP contribution in [0.1, 0.15) is 46.3 Å². The van der Waals surface area contributed by atoms with E-state index in [9.17, 15) is 14.4 Å². The minimum Gasteiger partial charge on any atom is -0.462 e. The lowest BCUT2D eigenvalue weighted by Crippen LogP contribution is -2.26. The lowest BCUT2D eigenvalue weighted by atomic mass is 9.95. The number of amides is 2. The molecule has 168 valence electrons. The Morgan fingerprint density at radius 2 is 1.84 bits per heavy atom. The zero-order valence-electron chi connectivity index (χ0n) is 18.4. The fraction of sp³-hybridized carbons (Fsp3) is 0.348. The summed E-state index contributed by atoms with van der Waals surface area (Å²) in [6.45, 7) is 3.79. The van der Waals surface area contributed by atoms with Gasteiger partial charge >= 0.3 is 12.0 Å².